The molecule has 0 N–H and O–H groups in total. The van der Waals surface area contributed by atoms with Crippen LogP contribution in [-0.2, 0) is 9.59 Å². The Morgan fingerprint density at radius 2 is 1.84 bits per heavy atom. The predicted octanol–water partition coefficient (Wildman–Crippen LogP) is 5.42. The van der Waals surface area contributed by atoms with Gasteiger partial charge in [-0.3, -0.25) is 14.4 Å². The summed E-state index contributed by atoms with van der Waals surface area (Å²) in [6.07, 6.45) is 7.46. The summed E-state index contributed by atoms with van der Waals surface area (Å²) in [6, 6.07) is 13.7. The number of benzene rings is 2. The Bertz CT molecular complexity index is 1060. The molecule has 4 rings (SSSR count). The van der Waals surface area contributed by atoms with E-state index in [0.29, 0.717) is 17.8 Å². The van der Waals surface area contributed by atoms with Crippen LogP contribution in [0.3, 0.4) is 0 Å². The number of carbonyl (C=O) groups excluding carboxylic acids is 3. The maximum atomic E-state index is 13.6. The number of amides is 3. The zero-order chi connectivity index (χ0) is 22.7. The molecule has 166 valence electrons. The average Bonchev–Trinajstić information content (AvgIpc) is 3.09. The molecule has 1 heterocycles. The fraction of sp³-hybridized carbons (Fsp3) is 0.346. The molecule has 2 aliphatic rings. The monoisotopic (exact) mass is 494 g/mol. The van der Waals surface area contributed by atoms with Gasteiger partial charge in [-0.25, -0.2) is 4.90 Å². The summed E-state index contributed by atoms with van der Waals surface area (Å²) in [5.74, 6) is -0.804. The minimum absolute atomic E-state index is 0.00552. The van der Waals surface area contributed by atoms with Crippen LogP contribution in [0.1, 0.15) is 54.4 Å². The molecule has 0 radical (unpaired) electrons. The number of nitrogens with zero attached hydrogens (tertiary/aromatic N) is 2. The van der Waals surface area contributed by atoms with Gasteiger partial charge in [0.1, 0.15) is 6.04 Å². The number of aryl methyl sites for hydroxylation is 1. The summed E-state index contributed by atoms with van der Waals surface area (Å²) in [4.78, 5) is 42.7. The van der Waals surface area contributed by atoms with Crippen molar-refractivity contribution < 1.29 is 14.4 Å². The first-order valence-corrected chi connectivity index (χ1v) is 11.9. The Balaban J connectivity index is 1.62. The van der Waals surface area contributed by atoms with Crippen molar-refractivity contribution in [2.75, 3.05) is 11.4 Å². The number of hydrogen-bond donors (Lipinski definition) is 0. The van der Waals surface area contributed by atoms with E-state index in [1.807, 2.05) is 25.1 Å². The molecule has 6 heteroatoms. The number of imide groups is 1. The smallest absolute Gasteiger partial charge is 0.257 e. The van der Waals surface area contributed by atoms with Gasteiger partial charge >= 0.3 is 0 Å². The van der Waals surface area contributed by atoms with E-state index in [0.717, 1.165) is 35.7 Å². The summed E-state index contributed by atoms with van der Waals surface area (Å²) in [7, 11) is 0. The minimum Gasteiger partial charge on any atom is -0.326 e. The third-order valence-corrected chi connectivity index (χ3v) is 6.81. The number of halogens is 1. The Morgan fingerprint density at radius 1 is 1.09 bits per heavy atom. The summed E-state index contributed by atoms with van der Waals surface area (Å²) in [5.41, 5.74) is 3.30. The second kappa shape index (κ2) is 9.82. The van der Waals surface area contributed by atoms with Crippen LogP contribution in [0.25, 0.3) is 0 Å². The zero-order valence-electron chi connectivity index (χ0n) is 18.2. The first-order valence-electron chi connectivity index (χ1n) is 11.1. The fourth-order valence-electron chi connectivity index (χ4n) is 4.48. The molecule has 1 aliphatic carbocycles. The SMILES string of the molecule is Cc1ccccc1C(=O)N(CCC1=CCCCC1)C1CC(=O)N(c2ccc(Br)cc2)C1=O. The molecule has 0 bridgehead atoms. The van der Waals surface area contributed by atoms with Gasteiger partial charge in [0.25, 0.3) is 11.8 Å². The molecule has 2 aromatic carbocycles. The lowest BCUT2D eigenvalue weighted by Crippen LogP contribution is -2.46. The minimum atomic E-state index is -0.789. The van der Waals surface area contributed by atoms with Crippen molar-refractivity contribution in [1.82, 2.24) is 4.90 Å². The largest absolute Gasteiger partial charge is 0.326 e. The van der Waals surface area contributed by atoms with E-state index in [1.54, 1.807) is 35.2 Å². The van der Waals surface area contributed by atoms with Gasteiger partial charge in [0.15, 0.2) is 0 Å². The lowest BCUT2D eigenvalue weighted by atomic mass is 9.96. The normalized spacial score (nSPS) is 18.6. The third-order valence-electron chi connectivity index (χ3n) is 6.28. The highest BCUT2D eigenvalue weighted by molar-refractivity contribution is 9.10. The zero-order valence-corrected chi connectivity index (χ0v) is 19.8. The van der Waals surface area contributed by atoms with Gasteiger partial charge in [-0.05, 0) is 74.9 Å². The van der Waals surface area contributed by atoms with E-state index in [4.69, 9.17) is 0 Å². The maximum Gasteiger partial charge on any atom is 0.257 e. The topological polar surface area (TPSA) is 57.7 Å². The first kappa shape index (κ1) is 22.5. The molecular weight excluding hydrogens is 468 g/mol. The molecule has 3 amide bonds. The second-order valence-electron chi connectivity index (χ2n) is 8.44. The van der Waals surface area contributed by atoms with Crippen LogP contribution < -0.4 is 4.90 Å². The molecule has 0 spiro atoms. The molecule has 5 nitrogen and oxygen atoms in total. The Hall–Kier alpha value is -2.73. The summed E-state index contributed by atoms with van der Waals surface area (Å²) >= 11 is 3.38. The van der Waals surface area contributed by atoms with Crippen molar-refractivity contribution in [3.63, 3.8) is 0 Å². The molecule has 1 saturated heterocycles. The van der Waals surface area contributed by atoms with Crippen molar-refractivity contribution in [3.8, 4) is 0 Å². The van der Waals surface area contributed by atoms with Crippen molar-refractivity contribution in [1.29, 1.82) is 0 Å². The van der Waals surface area contributed by atoms with Gasteiger partial charge in [0.05, 0.1) is 12.1 Å². The van der Waals surface area contributed by atoms with Crippen LogP contribution in [-0.4, -0.2) is 35.2 Å². The van der Waals surface area contributed by atoms with Gasteiger partial charge in [0, 0.05) is 16.6 Å². The molecule has 0 saturated carbocycles. The number of carbonyl (C=O) groups is 3. The van der Waals surface area contributed by atoms with Gasteiger partial charge in [-0.2, -0.15) is 0 Å². The van der Waals surface area contributed by atoms with E-state index < -0.39 is 6.04 Å². The van der Waals surface area contributed by atoms with Crippen LogP contribution >= 0.6 is 15.9 Å². The van der Waals surface area contributed by atoms with Crippen LogP contribution in [0.4, 0.5) is 5.69 Å². The molecule has 32 heavy (non-hydrogen) atoms. The average molecular weight is 495 g/mol. The Kier molecular flexibility index (Phi) is 6.89. The molecule has 1 fully saturated rings. The first-order chi connectivity index (χ1) is 15.5. The summed E-state index contributed by atoms with van der Waals surface area (Å²) in [6.45, 7) is 2.32. The molecule has 2 aromatic rings. The van der Waals surface area contributed by atoms with E-state index >= 15 is 0 Å². The highest BCUT2D eigenvalue weighted by Crippen LogP contribution is 2.29. The number of anilines is 1. The van der Waals surface area contributed by atoms with Gasteiger partial charge in [-0.15, -0.1) is 0 Å². The summed E-state index contributed by atoms with van der Waals surface area (Å²) < 4.78 is 0.869. The van der Waals surface area contributed by atoms with Crippen LogP contribution in [0.15, 0.2) is 64.7 Å². The maximum absolute atomic E-state index is 13.6. The molecular formula is C26H27BrN2O3. The fourth-order valence-corrected chi connectivity index (χ4v) is 4.75. The summed E-state index contributed by atoms with van der Waals surface area (Å²) in [5, 5.41) is 0. The van der Waals surface area contributed by atoms with Gasteiger partial charge in [0.2, 0.25) is 5.91 Å². The van der Waals surface area contributed by atoms with E-state index in [9.17, 15) is 14.4 Å². The van der Waals surface area contributed by atoms with Crippen molar-refractivity contribution >= 4 is 39.3 Å². The predicted molar refractivity (Wildman–Crippen MR) is 128 cm³/mol. The molecule has 1 atom stereocenters. The molecule has 1 unspecified atom stereocenters. The van der Waals surface area contributed by atoms with Crippen LogP contribution in [0.2, 0.25) is 0 Å². The highest BCUT2D eigenvalue weighted by Gasteiger charge is 2.44. The second-order valence-corrected chi connectivity index (χ2v) is 9.35. The lowest BCUT2D eigenvalue weighted by Gasteiger charge is -2.29. The third kappa shape index (κ3) is 4.70. The molecule has 1 aliphatic heterocycles. The lowest BCUT2D eigenvalue weighted by molar-refractivity contribution is -0.122. The van der Waals surface area contributed by atoms with Crippen LogP contribution in [0.5, 0.6) is 0 Å². The quantitative estimate of drug-likeness (QED) is 0.397. The Morgan fingerprint density at radius 3 is 2.53 bits per heavy atom. The number of hydrogen-bond acceptors (Lipinski definition) is 3. The van der Waals surface area contributed by atoms with Gasteiger partial charge < -0.3 is 4.90 Å². The Labute approximate surface area is 197 Å². The van der Waals surface area contributed by atoms with E-state index in [2.05, 4.69) is 22.0 Å². The van der Waals surface area contributed by atoms with Crippen LogP contribution in [0, 0.1) is 6.92 Å². The highest BCUT2D eigenvalue weighted by atomic mass is 79.9. The number of rotatable bonds is 6. The van der Waals surface area contributed by atoms with E-state index in [1.165, 1.54) is 16.9 Å². The van der Waals surface area contributed by atoms with Crippen molar-refractivity contribution in [2.24, 2.45) is 0 Å². The van der Waals surface area contributed by atoms with E-state index in [-0.39, 0.29) is 24.1 Å². The number of allylic oxidation sites excluding steroid dienone is 1. The van der Waals surface area contributed by atoms with Crippen molar-refractivity contribution in [3.05, 3.63) is 75.8 Å². The molecule has 0 aromatic heterocycles. The standard InChI is InChI=1S/C26H27BrN2O3/c1-18-7-5-6-10-22(18)25(31)28(16-15-19-8-3-2-4-9-19)23-17-24(30)29(26(23)32)21-13-11-20(27)12-14-21/h5-8,10-14,23H,2-4,9,15-17H2,1H3. The van der Waals surface area contributed by atoms with Gasteiger partial charge in [-0.1, -0.05) is 45.8 Å². The van der Waals surface area contributed by atoms with Crippen molar-refractivity contribution in [2.45, 2.75) is 51.5 Å².